The first-order valence-electron chi connectivity index (χ1n) is 24.3. The summed E-state index contributed by atoms with van der Waals surface area (Å²) < 4.78 is 0. The predicted octanol–water partition coefficient (Wildman–Crippen LogP) is 19.5. The normalized spacial score (nSPS) is 11.4. The lowest BCUT2D eigenvalue weighted by Crippen LogP contribution is -2.16. The molecule has 0 aliphatic carbocycles. The maximum absolute atomic E-state index is 2.61. The van der Waals surface area contributed by atoms with Crippen molar-refractivity contribution < 1.29 is 0 Å². The summed E-state index contributed by atoms with van der Waals surface area (Å²) in [7, 11) is 0. The molecule has 0 aromatic heterocycles. The maximum atomic E-state index is 2.61. The Hall–Kier alpha value is -8.78. The summed E-state index contributed by atoms with van der Waals surface area (Å²) in [6, 6.07) is 93.9. The van der Waals surface area contributed by atoms with Crippen molar-refractivity contribution in [2.45, 2.75) is 20.8 Å². The zero-order valence-corrected chi connectivity index (χ0v) is 39.7. The summed E-state index contributed by atoms with van der Waals surface area (Å²) in [6.07, 6.45) is 0. The summed E-state index contributed by atoms with van der Waals surface area (Å²) in [4.78, 5) is 2.61. The summed E-state index contributed by atoms with van der Waals surface area (Å²) in [5.41, 5.74) is 21.2. The quantitative estimate of drug-likeness (QED) is 0.140. The Morgan fingerprint density at radius 1 is 0.214 bits per heavy atom. The van der Waals surface area contributed by atoms with Gasteiger partial charge in [-0.05, 0) is 173 Å². The first-order chi connectivity index (χ1) is 34.5. The highest BCUT2D eigenvalue weighted by atomic mass is 15.2. The van der Waals surface area contributed by atoms with Gasteiger partial charge in [0.05, 0.1) is 17.1 Å². The van der Waals surface area contributed by atoms with Gasteiger partial charge in [0.15, 0.2) is 0 Å². The molecule has 0 fully saturated rings. The third-order valence-electron chi connectivity index (χ3n) is 14.4. The van der Waals surface area contributed by atoms with Crippen LogP contribution in [-0.4, -0.2) is 0 Å². The van der Waals surface area contributed by atoms with Gasteiger partial charge >= 0.3 is 0 Å². The van der Waals surface area contributed by atoms with Gasteiger partial charge in [-0.25, -0.2) is 0 Å². The molecule has 1 nitrogen and oxygen atoms in total. The van der Waals surface area contributed by atoms with Gasteiger partial charge in [-0.15, -0.1) is 0 Å². The summed E-state index contributed by atoms with van der Waals surface area (Å²) in [5, 5.41) is 7.34. The number of anilines is 3. The van der Waals surface area contributed by atoms with E-state index in [4.69, 9.17) is 0 Å². The standard InChI is InChI=1S/C69H51N/c1-46-64(52-22-7-4-8-23-52)40-55(61-37-19-31-49-28-13-16-34-58(49)61)43-67(46)70(68-44-56(41-65(47(68)2)53-24-9-5-10-25-53)62-38-20-32-50-29-14-17-35-59(50)62)69-45-57(42-66(48(69)3)54-26-11-6-12-27-54)63-39-21-33-51-30-15-18-36-60(51)63/h4-45H,1-3H3. The first-order valence-corrected chi connectivity index (χ1v) is 24.3. The molecule has 0 atom stereocenters. The first kappa shape index (κ1) is 42.6. The van der Waals surface area contributed by atoms with E-state index < -0.39 is 0 Å². The minimum atomic E-state index is 1.12. The van der Waals surface area contributed by atoms with Gasteiger partial charge in [0.1, 0.15) is 0 Å². The lowest BCUT2D eigenvalue weighted by atomic mass is 9.87. The Morgan fingerprint density at radius 3 is 0.771 bits per heavy atom. The predicted molar refractivity (Wildman–Crippen MR) is 300 cm³/mol. The molecule has 0 bridgehead atoms. The summed E-state index contributed by atoms with van der Waals surface area (Å²) in [6.45, 7) is 6.96. The molecule has 0 heterocycles. The Balaban J connectivity index is 1.25. The molecule has 0 amide bonds. The highest BCUT2D eigenvalue weighted by Gasteiger charge is 2.27. The zero-order chi connectivity index (χ0) is 47.1. The van der Waals surface area contributed by atoms with Crippen molar-refractivity contribution in [1.29, 1.82) is 0 Å². The molecule has 0 N–H and O–H groups in total. The van der Waals surface area contributed by atoms with Crippen LogP contribution in [0.1, 0.15) is 16.7 Å². The SMILES string of the molecule is Cc1c(-c2ccccc2)cc(-c2cccc3ccccc23)cc1N(c1cc(-c2cccc3ccccc23)cc(-c2ccccc2)c1C)c1cc(-c2cccc3ccccc23)cc(-c2ccccc2)c1C. The number of nitrogens with zero attached hydrogens (tertiary/aromatic N) is 1. The minimum Gasteiger partial charge on any atom is -0.310 e. The van der Waals surface area contributed by atoms with E-state index in [0.29, 0.717) is 0 Å². The Morgan fingerprint density at radius 2 is 0.471 bits per heavy atom. The number of rotatable bonds is 9. The number of benzene rings is 12. The molecular formula is C69H51N. The fraction of sp³-hybridized carbons (Fsp3) is 0.0435. The van der Waals surface area contributed by atoms with E-state index in [-0.39, 0.29) is 0 Å². The molecule has 0 unspecified atom stereocenters. The molecule has 332 valence electrons. The lowest BCUT2D eigenvalue weighted by molar-refractivity contribution is 1.21. The van der Waals surface area contributed by atoms with E-state index in [1.165, 1.54) is 116 Å². The molecule has 0 saturated carbocycles. The zero-order valence-electron chi connectivity index (χ0n) is 39.7. The van der Waals surface area contributed by atoms with Crippen LogP contribution in [0.5, 0.6) is 0 Å². The second kappa shape index (κ2) is 18.0. The molecule has 12 aromatic rings. The highest BCUT2D eigenvalue weighted by molar-refractivity contribution is 6.04. The number of hydrogen-bond donors (Lipinski definition) is 0. The van der Waals surface area contributed by atoms with E-state index in [9.17, 15) is 0 Å². The van der Waals surface area contributed by atoms with Crippen molar-refractivity contribution in [3.8, 4) is 66.8 Å². The largest absolute Gasteiger partial charge is 0.310 e. The Kier molecular flexibility index (Phi) is 11.0. The van der Waals surface area contributed by atoms with Crippen LogP contribution in [0.2, 0.25) is 0 Å². The Labute approximate surface area is 411 Å². The van der Waals surface area contributed by atoms with Gasteiger partial charge in [-0.2, -0.15) is 0 Å². The van der Waals surface area contributed by atoms with Gasteiger partial charge in [-0.3, -0.25) is 0 Å². The van der Waals surface area contributed by atoms with Crippen LogP contribution >= 0.6 is 0 Å². The van der Waals surface area contributed by atoms with Crippen molar-refractivity contribution in [3.05, 3.63) is 271 Å². The van der Waals surface area contributed by atoms with Crippen LogP contribution in [-0.2, 0) is 0 Å². The number of fused-ring (bicyclic) bond motifs is 3. The lowest BCUT2D eigenvalue weighted by Gasteiger charge is -2.34. The molecular weight excluding hydrogens is 843 g/mol. The van der Waals surface area contributed by atoms with Crippen molar-refractivity contribution in [2.24, 2.45) is 0 Å². The van der Waals surface area contributed by atoms with Gasteiger partial charge in [0, 0.05) is 0 Å². The van der Waals surface area contributed by atoms with Crippen molar-refractivity contribution in [1.82, 2.24) is 0 Å². The summed E-state index contributed by atoms with van der Waals surface area (Å²) >= 11 is 0. The van der Waals surface area contributed by atoms with Crippen molar-refractivity contribution in [2.75, 3.05) is 4.90 Å². The van der Waals surface area contributed by atoms with Gasteiger partial charge in [0.2, 0.25) is 0 Å². The molecule has 0 aliphatic rings. The monoisotopic (exact) mass is 893 g/mol. The van der Waals surface area contributed by atoms with Crippen LogP contribution in [0.3, 0.4) is 0 Å². The average Bonchev–Trinajstić information content (AvgIpc) is 3.42. The average molecular weight is 894 g/mol. The van der Waals surface area contributed by atoms with E-state index in [0.717, 1.165) is 17.1 Å². The van der Waals surface area contributed by atoms with Gasteiger partial charge in [-0.1, -0.05) is 218 Å². The van der Waals surface area contributed by atoms with E-state index in [1.807, 2.05) is 0 Å². The van der Waals surface area contributed by atoms with Crippen LogP contribution in [0.25, 0.3) is 99.1 Å². The van der Waals surface area contributed by atoms with Crippen LogP contribution in [0, 0.1) is 20.8 Å². The smallest absolute Gasteiger partial charge is 0.0503 e. The third-order valence-corrected chi connectivity index (χ3v) is 14.4. The van der Waals surface area contributed by atoms with Crippen LogP contribution < -0.4 is 4.90 Å². The van der Waals surface area contributed by atoms with Crippen molar-refractivity contribution >= 4 is 49.4 Å². The van der Waals surface area contributed by atoms with Crippen LogP contribution in [0.4, 0.5) is 17.1 Å². The topological polar surface area (TPSA) is 3.24 Å². The Bertz CT molecular complexity index is 3480. The summed E-state index contributed by atoms with van der Waals surface area (Å²) in [5.74, 6) is 0. The third kappa shape index (κ3) is 7.63. The van der Waals surface area contributed by atoms with Gasteiger partial charge in [0.25, 0.3) is 0 Å². The van der Waals surface area contributed by atoms with Crippen LogP contribution in [0.15, 0.2) is 255 Å². The highest BCUT2D eigenvalue weighted by Crippen LogP contribution is 2.51. The molecule has 12 aromatic carbocycles. The molecule has 70 heavy (non-hydrogen) atoms. The van der Waals surface area contributed by atoms with E-state index in [1.54, 1.807) is 0 Å². The molecule has 1 heteroatoms. The molecule has 0 saturated heterocycles. The second-order valence-corrected chi connectivity index (χ2v) is 18.5. The van der Waals surface area contributed by atoms with E-state index >= 15 is 0 Å². The van der Waals surface area contributed by atoms with E-state index in [2.05, 4.69) is 280 Å². The fourth-order valence-electron chi connectivity index (χ4n) is 10.8. The van der Waals surface area contributed by atoms with Crippen molar-refractivity contribution in [3.63, 3.8) is 0 Å². The van der Waals surface area contributed by atoms with Gasteiger partial charge < -0.3 is 4.90 Å². The number of hydrogen-bond acceptors (Lipinski definition) is 1. The molecule has 0 radical (unpaired) electrons. The molecule has 0 aliphatic heterocycles. The fourth-order valence-corrected chi connectivity index (χ4v) is 10.8. The maximum Gasteiger partial charge on any atom is 0.0503 e. The second-order valence-electron chi connectivity index (χ2n) is 18.5. The molecule has 12 rings (SSSR count). The minimum absolute atomic E-state index is 1.12. The molecule has 0 spiro atoms.